The normalized spacial score (nSPS) is 17.2. The van der Waals surface area contributed by atoms with E-state index >= 15 is 0 Å². The summed E-state index contributed by atoms with van der Waals surface area (Å²) in [5, 5.41) is 2.80. The topological polar surface area (TPSA) is 49.4 Å². The Balaban J connectivity index is 1.73. The second kappa shape index (κ2) is 6.57. The predicted molar refractivity (Wildman–Crippen MR) is 86.9 cm³/mol. The molecular formula is C17H13ClF2N2O2. The largest absolute Gasteiger partial charge is 0.325 e. The lowest BCUT2D eigenvalue weighted by Gasteiger charge is -2.17. The molecule has 1 aliphatic rings. The zero-order valence-corrected chi connectivity index (χ0v) is 13.2. The van der Waals surface area contributed by atoms with Crippen molar-refractivity contribution in [3.05, 3.63) is 59.1 Å². The first kappa shape index (κ1) is 16.4. The van der Waals surface area contributed by atoms with E-state index in [4.69, 9.17) is 11.6 Å². The molecule has 2 amide bonds. The van der Waals surface area contributed by atoms with E-state index in [1.807, 2.05) is 0 Å². The van der Waals surface area contributed by atoms with Gasteiger partial charge in [0.25, 0.3) is 0 Å². The minimum Gasteiger partial charge on any atom is -0.325 e. The average Bonchev–Trinajstić information content (AvgIpc) is 2.91. The van der Waals surface area contributed by atoms with Crippen LogP contribution in [0, 0.1) is 17.6 Å². The summed E-state index contributed by atoms with van der Waals surface area (Å²) in [6.45, 7) is 0.235. The van der Waals surface area contributed by atoms with Gasteiger partial charge in [-0.05, 0) is 48.9 Å². The van der Waals surface area contributed by atoms with Gasteiger partial charge in [-0.15, -0.1) is 0 Å². The Morgan fingerprint density at radius 1 is 1.17 bits per heavy atom. The van der Waals surface area contributed by atoms with Crippen LogP contribution in [0.1, 0.15) is 6.42 Å². The lowest BCUT2D eigenvalue weighted by atomic mass is 10.1. The second-order valence-electron chi connectivity index (χ2n) is 5.42. The molecule has 3 rings (SSSR count). The van der Waals surface area contributed by atoms with E-state index in [9.17, 15) is 18.4 Å². The molecule has 0 aromatic heterocycles. The van der Waals surface area contributed by atoms with Crippen molar-refractivity contribution < 1.29 is 18.4 Å². The van der Waals surface area contributed by atoms with Crippen LogP contribution in [-0.4, -0.2) is 18.4 Å². The van der Waals surface area contributed by atoms with Crippen molar-refractivity contribution in [2.75, 3.05) is 16.8 Å². The number of halogens is 3. The number of nitrogens with one attached hydrogen (secondary N) is 1. The highest BCUT2D eigenvalue weighted by molar-refractivity contribution is 6.30. The second-order valence-corrected chi connectivity index (χ2v) is 5.86. The summed E-state index contributed by atoms with van der Waals surface area (Å²) in [7, 11) is 0. The van der Waals surface area contributed by atoms with Crippen LogP contribution >= 0.6 is 11.6 Å². The maximum atomic E-state index is 14.0. The Hall–Kier alpha value is -2.47. The molecule has 2 aromatic carbocycles. The maximum Gasteiger partial charge on any atom is 0.239 e. The molecule has 1 N–H and O–H groups in total. The van der Waals surface area contributed by atoms with Crippen molar-refractivity contribution in [1.82, 2.24) is 0 Å². The number of carbonyl (C=O) groups is 2. The first-order chi connectivity index (χ1) is 11.5. The molecule has 0 unspecified atom stereocenters. The molecule has 2 aromatic rings. The predicted octanol–water partition coefficient (Wildman–Crippen LogP) is 3.61. The molecule has 0 radical (unpaired) electrons. The van der Waals surface area contributed by atoms with E-state index in [-0.39, 0.29) is 23.7 Å². The molecule has 1 fully saturated rings. The smallest absolute Gasteiger partial charge is 0.239 e. The Morgan fingerprint density at radius 2 is 1.88 bits per heavy atom. The van der Waals surface area contributed by atoms with E-state index in [1.54, 1.807) is 0 Å². The van der Waals surface area contributed by atoms with Gasteiger partial charge in [0.05, 0.1) is 5.69 Å². The van der Waals surface area contributed by atoms with Crippen molar-refractivity contribution in [2.24, 2.45) is 5.92 Å². The van der Waals surface area contributed by atoms with E-state index in [0.29, 0.717) is 5.69 Å². The highest BCUT2D eigenvalue weighted by atomic mass is 35.5. The highest BCUT2D eigenvalue weighted by Gasteiger charge is 2.38. The molecule has 24 heavy (non-hydrogen) atoms. The minimum atomic E-state index is -0.912. The summed E-state index contributed by atoms with van der Waals surface area (Å²) in [5.74, 6) is -2.92. The van der Waals surface area contributed by atoms with Gasteiger partial charge in [0.2, 0.25) is 11.8 Å². The number of hydrogen-bond acceptors (Lipinski definition) is 2. The molecule has 0 saturated carbocycles. The molecule has 1 atom stereocenters. The van der Waals surface area contributed by atoms with Crippen LogP contribution in [0.15, 0.2) is 42.5 Å². The standard InChI is InChI=1S/C17H13ClF2N2O2/c18-10-1-6-15(14(20)9-10)22-8-7-13(17(22)24)16(23)21-12-4-2-11(19)3-5-12/h1-6,9,13H,7-8H2,(H,21,23)/t13-/m1/s1. The van der Waals surface area contributed by atoms with Crippen molar-refractivity contribution >= 4 is 34.8 Å². The van der Waals surface area contributed by atoms with Gasteiger partial charge < -0.3 is 10.2 Å². The van der Waals surface area contributed by atoms with Crippen molar-refractivity contribution in [3.63, 3.8) is 0 Å². The van der Waals surface area contributed by atoms with Gasteiger partial charge in [0.1, 0.15) is 17.6 Å². The number of carbonyl (C=O) groups excluding carboxylic acids is 2. The fraction of sp³-hybridized carbons (Fsp3) is 0.176. The molecule has 0 bridgehead atoms. The zero-order valence-electron chi connectivity index (χ0n) is 12.4. The third-order valence-corrected chi connectivity index (χ3v) is 4.07. The summed E-state index contributed by atoms with van der Waals surface area (Å²) < 4.78 is 26.8. The van der Waals surface area contributed by atoms with Crippen molar-refractivity contribution in [2.45, 2.75) is 6.42 Å². The molecule has 0 aliphatic carbocycles. The summed E-state index contributed by atoms with van der Waals surface area (Å²) in [6.07, 6.45) is 0.272. The first-order valence-electron chi connectivity index (χ1n) is 7.28. The van der Waals surface area contributed by atoms with Crippen LogP contribution in [0.5, 0.6) is 0 Å². The van der Waals surface area contributed by atoms with Crippen LogP contribution in [0.25, 0.3) is 0 Å². The molecule has 1 saturated heterocycles. The lowest BCUT2D eigenvalue weighted by Crippen LogP contribution is -2.33. The van der Waals surface area contributed by atoms with Crippen LogP contribution < -0.4 is 10.2 Å². The summed E-state index contributed by atoms with van der Waals surface area (Å²) in [4.78, 5) is 25.9. The van der Waals surface area contributed by atoms with E-state index in [2.05, 4.69) is 5.32 Å². The quantitative estimate of drug-likeness (QED) is 0.860. The molecular weight excluding hydrogens is 338 g/mol. The van der Waals surface area contributed by atoms with Gasteiger partial charge in [-0.3, -0.25) is 9.59 Å². The third kappa shape index (κ3) is 3.23. The Bertz CT molecular complexity index is 796. The van der Waals surface area contributed by atoms with E-state index in [0.717, 1.165) is 6.07 Å². The number of nitrogens with zero attached hydrogens (tertiary/aromatic N) is 1. The summed E-state index contributed by atoms with van der Waals surface area (Å²) >= 11 is 5.71. The summed E-state index contributed by atoms with van der Waals surface area (Å²) in [5.41, 5.74) is 0.492. The highest BCUT2D eigenvalue weighted by Crippen LogP contribution is 2.29. The van der Waals surface area contributed by atoms with Gasteiger partial charge >= 0.3 is 0 Å². The van der Waals surface area contributed by atoms with Gasteiger partial charge in [-0.1, -0.05) is 11.6 Å². The third-order valence-electron chi connectivity index (χ3n) is 3.83. The van der Waals surface area contributed by atoms with Crippen LogP contribution in [-0.2, 0) is 9.59 Å². The maximum absolute atomic E-state index is 14.0. The minimum absolute atomic E-state index is 0.0986. The zero-order chi connectivity index (χ0) is 17.3. The lowest BCUT2D eigenvalue weighted by molar-refractivity contribution is -0.129. The molecule has 1 aliphatic heterocycles. The number of hydrogen-bond donors (Lipinski definition) is 1. The monoisotopic (exact) mass is 350 g/mol. The first-order valence-corrected chi connectivity index (χ1v) is 7.66. The van der Waals surface area contributed by atoms with Gasteiger partial charge in [-0.2, -0.15) is 0 Å². The number of anilines is 2. The fourth-order valence-electron chi connectivity index (χ4n) is 2.63. The Morgan fingerprint density at radius 3 is 2.54 bits per heavy atom. The average molecular weight is 351 g/mol. The van der Waals surface area contributed by atoms with Gasteiger partial charge in [0, 0.05) is 17.3 Å². The molecule has 124 valence electrons. The van der Waals surface area contributed by atoms with Crippen LogP contribution in [0.3, 0.4) is 0 Å². The van der Waals surface area contributed by atoms with Crippen LogP contribution in [0.4, 0.5) is 20.2 Å². The Labute approximate surface area is 142 Å². The molecule has 0 spiro atoms. The number of benzene rings is 2. The molecule has 7 heteroatoms. The number of amides is 2. The van der Waals surface area contributed by atoms with E-state index < -0.39 is 29.4 Å². The Kier molecular flexibility index (Phi) is 4.49. The van der Waals surface area contributed by atoms with Crippen LogP contribution in [0.2, 0.25) is 5.02 Å². The van der Waals surface area contributed by atoms with Crippen molar-refractivity contribution in [1.29, 1.82) is 0 Å². The molecule has 4 nitrogen and oxygen atoms in total. The van der Waals surface area contributed by atoms with Crippen molar-refractivity contribution in [3.8, 4) is 0 Å². The van der Waals surface area contributed by atoms with Gasteiger partial charge in [0.15, 0.2) is 0 Å². The summed E-state index contributed by atoms with van der Waals surface area (Å²) in [6, 6.07) is 9.25. The SMILES string of the molecule is O=C(Nc1ccc(F)cc1)[C@H]1CCN(c2ccc(Cl)cc2F)C1=O. The number of rotatable bonds is 3. The molecule has 1 heterocycles. The van der Waals surface area contributed by atoms with E-state index in [1.165, 1.54) is 41.3 Å². The van der Waals surface area contributed by atoms with Gasteiger partial charge in [-0.25, -0.2) is 8.78 Å². The fourth-order valence-corrected chi connectivity index (χ4v) is 2.78.